The minimum atomic E-state index is 0.135. The summed E-state index contributed by atoms with van der Waals surface area (Å²) in [4.78, 5) is 14.4. The molecular weight excluding hydrogens is 318 g/mol. The van der Waals surface area contributed by atoms with Crippen LogP contribution in [0.3, 0.4) is 0 Å². The third-order valence-electron chi connectivity index (χ3n) is 3.66. The molecule has 20 heavy (non-hydrogen) atoms. The second-order valence-electron chi connectivity index (χ2n) is 5.00. The molecule has 0 radical (unpaired) electrons. The number of halogens is 1. The van der Waals surface area contributed by atoms with E-state index in [1.807, 2.05) is 29.3 Å². The highest BCUT2D eigenvalue weighted by atomic mass is 79.9. The van der Waals surface area contributed by atoms with Gasteiger partial charge in [0.05, 0.1) is 6.04 Å². The predicted molar refractivity (Wildman–Crippen MR) is 80.1 cm³/mol. The van der Waals surface area contributed by atoms with Gasteiger partial charge in [-0.25, -0.2) is 0 Å². The van der Waals surface area contributed by atoms with Gasteiger partial charge in [-0.1, -0.05) is 28.1 Å². The van der Waals surface area contributed by atoms with Gasteiger partial charge in [0, 0.05) is 23.4 Å². The van der Waals surface area contributed by atoms with Crippen LogP contribution >= 0.6 is 15.9 Å². The van der Waals surface area contributed by atoms with Gasteiger partial charge in [0.15, 0.2) is 0 Å². The molecule has 4 nitrogen and oxygen atoms in total. The molecule has 0 unspecified atom stereocenters. The molecule has 0 saturated carbocycles. The minimum Gasteiger partial charge on any atom is -0.334 e. The van der Waals surface area contributed by atoms with Crippen molar-refractivity contribution in [1.29, 1.82) is 0 Å². The zero-order chi connectivity index (χ0) is 13.9. The average Bonchev–Trinajstić information content (AvgIpc) is 3.09. The number of aromatic nitrogens is 2. The van der Waals surface area contributed by atoms with Crippen molar-refractivity contribution in [3.8, 4) is 0 Å². The van der Waals surface area contributed by atoms with Gasteiger partial charge in [0.2, 0.25) is 5.91 Å². The molecule has 1 saturated heterocycles. The van der Waals surface area contributed by atoms with E-state index in [0.29, 0.717) is 6.54 Å². The summed E-state index contributed by atoms with van der Waals surface area (Å²) in [5, 5.41) is 4.10. The normalized spacial score (nSPS) is 18.4. The van der Waals surface area contributed by atoms with Gasteiger partial charge in [-0.05, 0) is 36.6 Å². The maximum absolute atomic E-state index is 12.4. The third-order valence-corrected chi connectivity index (χ3v) is 4.16. The molecule has 1 aromatic carbocycles. The predicted octanol–water partition coefficient (Wildman–Crippen LogP) is 3.01. The quantitative estimate of drug-likeness (QED) is 0.865. The van der Waals surface area contributed by atoms with E-state index in [-0.39, 0.29) is 11.9 Å². The van der Waals surface area contributed by atoms with Gasteiger partial charge in [-0.3, -0.25) is 9.48 Å². The summed E-state index contributed by atoms with van der Waals surface area (Å²) in [7, 11) is 0. The van der Waals surface area contributed by atoms with E-state index in [4.69, 9.17) is 0 Å². The monoisotopic (exact) mass is 333 g/mol. The van der Waals surface area contributed by atoms with Gasteiger partial charge in [-0.2, -0.15) is 5.10 Å². The van der Waals surface area contributed by atoms with Crippen LogP contribution in [-0.2, 0) is 11.3 Å². The van der Waals surface area contributed by atoms with Crippen LogP contribution in [0.4, 0.5) is 0 Å². The fraction of sp³-hybridized carbons (Fsp3) is 0.333. The molecule has 1 aromatic heterocycles. The molecule has 1 amide bonds. The number of hydrogen-bond donors (Lipinski definition) is 0. The van der Waals surface area contributed by atoms with Crippen molar-refractivity contribution in [2.75, 3.05) is 6.54 Å². The van der Waals surface area contributed by atoms with E-state index < -0.39 is 0 Å². The Hall–Kier alpha value is -1.62. The molecule has 1 aliphatic rings. The smallest absolute Gasteiger partial charge is 0.244 e. The highest BCUT2D eigenvalue weighted by molar-refractivity contribution is 9.10. The first-order valence-electron chi connectivity index (χ1n) is 6.76. The molecule has 5 heteroatoms. The molecule has 1 atom stereocenters. The Morgan fingerprint density at radius 1 is 1.40 bits per heavy atom. The van der Waals surface area contributed by atoms with Crippen LogP contribution in [0.2, 0.25) is 0 Å². The van der Waals surface area contributed by atoms with E-state index in [2.05, 4.69) is 33.2 Å². The van der Waals surface area contributed by atoms with E-state index >= 15 is 0 Å². The van der Waals surface area contributed by atoms with Gasteiger partial charge in [0.25, 0.3) is 0 Å². The maximum Gasteiger partial charge on any atom is 0.244 e. The summed E-state index contributed by atoms with van der Waals surface area (Å²) in [6.45, 7) is 1.15. The summed E-state index contributed by atoms with van der Waals surface area (Å²) in [5.74, 6) is 0.135. The molecule has 1 fully saturated rings. The average molecular weight is 334 g/mol. The topological polar surface area (TPSA) is 38.1 Å². The lowest BCUT2D eigenvalue weighted by molar-refractivity contribution is -0.133. The lowest BCUT2D eigenvalue weighted by Gasteiger charge is -2.25. The van der Waals surface area contributed by atoms with Crippen LogP contribution in [0.1, 0.15) is 24.4 Å². The number of benzene rings is 1. The van der Waals surface area contributed by atoms with Crippen LogP contribution in [0.15, 0.2) is 47.2 Å². The van der Waals surface area contributed by atoms with Gasteiger partial charge in [0.1, 0.15) is 6.54 Å². The Balaban J connectivity index is 1.77. The Morgan fingerprint density at radius 2 is 2.30 bits per heavy atom. The number of carbonyl (C=O) groups excluding carboxylic acids is 1. The van der Waals surface area contributed by atoms with Gasteiger partial charge in [-0.15, -0.1) is 0 Å². The third kappa shape index (κ3) is 2.77. The maximum atomic E-state index is 12.4. The van der Waals surface area contributed by atoms with Crippen LogP contribution in [0.5, 0.6) is 0 Å². The molecular formula is C15H16BrN3O. The first-order valence-corrected chi connectivity index (χ1v) is 7.56. The van der Waals surface area contributed by atoms with Crippen LogP contribution in [-0.4, -0.2) is 27.1 Å². The number of hydrogen-bond acceptors (Lipinski definition) is 2. The van der Waals surface area contributed by atoms with E-state index in [1.165, 1.54) is 5.56 Å². The fourth-order valence-electron chi connectivity index (χ4n) is 2.75. The highest BCUT2D eigenvalue weighted by Gasteiger charge is 2.29. The highest BCUT2D eigenvalue weighted by Crippen LogP contribution is 2.33. The van der Waals surface area contributed by atoms with E-state index in [1.54, 1.807) is 10.9 Å². The first-order chi connectivity index (χ1) is 9.74. The van der Waals surface area contributed by atoms with Crippen molar-refractivity contribution in [2.24, 2.45) is 0 Å². The molecule has 2 aromatic rings. The summed E-state index contributed by atoms with van der Waals surface area (Å²) >= 11 is 3.50. The number of rotatable bonds is 3. The van der Waals surface area contributed by atoms with E-state index in [9.17, 15) is 4.79 Å². The van der Waals surface area contributed by atoms with Crippen molar-refractivity contribution in [1.82, 2.24) is 14.7 Å². The Kier molecular flexibility index (Phi) is 3.87. The lowest BCUT2D eigenvalue weighted by atomic mass is 10.0. The van der Waals surface area contributed by atoms with Crippen molar-refractivity contribution < 1.29 is 4.79 Å². The number of carbonyl (C=O) groups is 1. The van der Waals surface area contributed by atoms with Crippen LogP contribution in [0, 0.1) is 0 Å². The molecule has 104 valence electrons. The zero-order valence-corrected chi connectivity index (χ0v) is 12.7. The number of likely N-dealkylation sites (tertiary alicyclic amines) is 1. The summed E-state index contributed by atoms with van der Waals surface area (Å²) < 4.78 is 2.74. The molecule has 2 heterocycles. The fourth-order valence-corrected chi connectivity index (χ4v) is 3.17. The van der Waals surface area contributed by atoms with Crippen molar-refractivity contribution in [2.45, 2.75) is 25.4 Å². The molecule has 0 aliphatic carbocycles. The molecule has 0 spiro atoms. The standard InChI is InChI=1S/C15H16BrN3O/c16-13-5-1-4-12(10-13)14-6-2-9-19(14)15(20)11-18-8-3-7-17-18/h1,3-5,7-8,10,14H,2,6,9,11H2/t14-/m0/s1. The molecule has 0 N–H and O–H groups in total. The van der Waals surface area contributed by atoms with Crippen molar-refractivity contribution in [3.63, 3.8) is 0 Å². The Morgan fingerprint density at radius 3 is 3.05 bits per heavy atom. The molecule has 3 rings (SSSR count). The Bertz CT molecular complexity index is 597. The number of amides is 1. The second-order valence-corrected chi connectivity index (χ2v) is 5.92. The van der Waals surface area contributed by atoms with Crippen LogP contribution < -0.4 is 0 Å². The molecule has 1 aliphatic heterocycles. The summed E-state index contributed by atoms with van der Waals surface area (Å²) in [5.41, 5.74) is 1.20. The summed E-state index contributed by atoms with van der Waals surface area (Å²) in [6.07, 6.45) is 5.61. The van der Waals surface area contributed by atoms with Crippen molar-refractivity contribution >= 4 is 21.8 Å². The van der Waals surface area contributed by atoms with Crippen molar-refractivity contribution in [3.05, 3.63) is 52.8 Å². The second kappa shape index (κ2) is 5.79. The first kappa shape index (κ1) is 13.4. The largest absolute Gasteiger partial charge is 0.334 e. The Labute approximate surface area is 126 Å². The SMILES string of the molecule is O=C(Cn1cccn1)N1CCC[C@H]1c1cccc(Br)c1. The minimum absolute atomic E-state index is 0.135. The van der Waals surface area contributed by atoms with Gasteiger partial charge >= 0.3 is 0 Å². The van der Waals surface area contributed by atoms with E-state index in [0.717, 1.165) is 23.9 Å². The van der Waals surface area contributed by atoms with Crippen LogP contribution in [0.25, 0.3) is 0 Å². The summed E-state index contributed by atoms with van der Waals surface area (Å²) in [6, 6.07) is 10.3. The lowest BCUT2D eigenvalue weighted by Crippen LogP contribution is -2.33. The van der Waals surface area contributed by atoms with Gasteiger partial charge < -0.3 is 4.90 Å². The zero-order valence-electron chi connectivity index (χ0n) is 11.1. The molecule has 0 bridgehead atoms. The number of nitrogens with zero attached hydrogens (tertiary/aromatic N) is 3.